The predicted molar refractivity (Wildman–Crippen MR) is 161 cm³/mol. The number of carbonyl (C=O) groups is 2. The molecule has 6 N–H and O–H groups in total. The van der Waals surface area contributed by atoms with E-state index in [0.29, 0.717) is 36.1 Å². The van der Waals surface area contributed by atoms with Gasteiger partial charge in [-0.2, -0.15) is 4.98 Å². The lowest BCUT2D eigenvalue weighted by Gasteiger charge is -2.23. The maximum absolute atomic E-state index is 13.7. The summed E-state index contributed by atoms with van der Waals surface area (Å²) in [5.74, 6) is -1.06. The number of carboxylic acids is 1. The highest BCUT2D eigenvalue weighted by atomic mass is 35.5. The Labute approximate surface area is 258 Å². The Morgan fingerprint density at radius 1 is 1.16 bits per heavy atom. The van der Waals surface area contributed by atoms with E-state index in [1.54, 1.807) is 53.4 Å². The summed E-state index contributed by atoms with van der Waals surface area (Å²) in [4.78, 5) is 36.2. The number of halogens is 2. The molecule has 44 heavy (non-hydrogen) atoms. The molecule has 2 unspecified atom stereocenters. The molecule has 0 saturated carbocycles. The van der Waals surface area contributed by atoms with Crippen molar-refractivity contribution in [2.45, 2.75) is 38.0 Å². The predicted octanol–water partition coefficient (Wildman–Crippen LogP) is 3.59. The van der Waals surface area contributed by atoms with E-state index < -0.39 is 29.8 Å². The molecule has 4 aromatic rings. The Morgan fingerprint density at radius 2 is 1.89 bits per heavy atom. The Hall–Kier alpha value is -4.43. The average molecular weight is 626 g/mol. The number of benzene rings is 2. The highest BCUT2D eigenvalue weighted by Gasteiger charge is 2.20. The van der Waals surface area contributed by atoms with Crippen molar-refractivity contribution in [3.05, 3.63) is 100 Å². The zero-order chi connectivity index (χ0) is 31.6. The number of aliphatic carboxylic acids is 1. The van der Waals surface area contributed by atoms with Crippen molar-refractivity contribution in [3.63, 3.8) is 0 Å². The van der Waals surface area contributed by atoms with Crippen molar-refractivity contribution in [2.75, 3.05) is 25.1 Å². The fourth-order valence-corrected chi connectivity index (χ4v) is 4.64. The average Bonchev–Trinajstić information content (AvgIpc) is 3.51. The first kappa shape index (κ1) is 32.5. The second kappa shape index (κ2) is 15.3. The summed E-state index contributed by atoms with van der Waals surface area (Å²) in [6.07, 6.45) is 5.19. The molecule has 1 aliphatic heterocycles. The Morgan fingerprint density at radius 3 is 2.55 bits per heavy atom. The molecule has 12 nitrogen and oxygen atoms in total. The van der Waals surface area contributed by atoms with Crippen molar-refractivity contribution >= 4 is 29.4 Å². The number of carboxylic acid groups (broad SMARTS) is 1. The van der Waals surface area contributed by atoms with E-state index in [2.05, 4.69) is 25.6 Å². The number of nitrogens with two attached hydrogens (primary N) is 1. The minimum atomic E-state index is -1.41. The summed E-state index contributed by atoms with van der Waals surface area (Å²) in [6, 6.07) is 11.9. The molecule has 2 aromatic carbocycles. The lowest BCUT2D eigenvalue weighted by molar-refractivity contribution is -0.146. The summed E-state index contributed by atoms with van der Waals surface area (Å²) < 4.78 is 20.8. The molecule has 1 aliphatic rings. The normalized spacial score (nSPS) is 14.6. The van der Waals surface area contributed by atoms with Crippen LogP contribution >= 0.6 is 11.6 Å². The van der Waals surface area contributed by atoms with E-state index in [9.17, 15) is 14.0 Å². The first-order valence-electron chi connectivity index (χ1n) is 13.8. The topological polar surface area (TPSA) is 178 Å². The van der Waals surface area contributed by atoms with E-state index in [1.165, 1.54) is 18.5 Å². The minimum Gasteiger partial charge on any atom is -0.479 e. The van der Waals surface area contributed by atoms with Crippen LogP contribution in [-0.4, -0.2) is 67.4 Å². The number of rotatable bonds is 9. The third-order valence-electron chi connectivity index (χ3n) is 6.74. The summed E-state index contributed by atoms with van der Waals surface area (Å²) in [6.45, 7) is 3.37. The standard InChI is InChI=1S/C22H25ClFN7O2.C8H8O3/c1-13-10-26-22(28-17-2-4-33-5-3-17)30-20(13)31-11-19(27-12-31)21(32)29-18(9-25)14-6-15(23)8-16(24)7-14;9-7(8(10)11)6-4-2-1-3-5-6/h6-8,10-12,17-18H,2-5,9,25H2,1H3,(H,29,32)(H,26,28,30);1-5,7,9H,(H,10,11). The van der Waals surface area contributed by atoms with E-state index in [1.807, 2.05) is 6.92 Å². The number of nitrogens with one attached hydrogen (secondary N) is 2. The molecule has 1 fully saturated rings. The molecule has 5 rings (SSSR count). The SMILES string of the molecule is Cc1cnc(NC2CCOCC2)nc1-n1cnc(C(=O)NC(CN)c2cc(F)cc(Cl)c2)c1.O=C(O)C(O)c1ccccc1. The van der Waals surface area contributed by atoms with Crippen LogP contribution in [0.5, 0.6) is 0 Å². The van der Waals surface area contributed by atoms with Gasteiger partial charge in [-0.05, 0) is 49.1 Å². The molecule has 2 aromatic heterocycles. The lowest BCUT2D eigenvalue weighted by atomic mass is 10.1. The largest absolute Gasteiger partial charge is 0.479 e. The molecule has 1 amide bonds. The van der Waals surface area contributed by atoms with E-state index in [-0.39, 0.29) is 23.3 Å². The maximum atomic E-state index is 13.7. The molecule has 0 radical (unpaired) electrons. The van der Waals surface area contributed by atoms with Gasteiger partial charge < -0.3 is 31.3 Å². The fourth-order valence-electron chi connectivity index (χ4n) is 4.41. The van der Waals surface area contributed by atoms with Gasteiger partial charge in [-0.1, -0.05) is 41.9 Å². The van der Waals surface area contributed by atoms with Gasteiger partial charge in [0.15, 0.2) is 6.10 Å². The van der Waals surface area contributed by atoms with Gasteiger partial charge in [-0.25, -0.2) is 19.2 Å². The number of hydrogen-bond donors (Lipinski definition) is 5. The van der Waals surface area contributed by atoms with Gasteiger partial charge in [-0.3, -0.25) is 9.36 Å². The van der Waals surface area contributed by atoms with Crippen LogP contribution in [0.4, 0.5) is 10.3 Å². The van der Waals surface area contributed by atoms with Crippen molar-refractivity contribution < 1.29 is 28.9 Å². The zero-order valence-corrected chi connectivity index (χ0v) is 24.6. The number of aliphatic hydroxyl groups is 1. The third-order valence-corrected chi connectivity index (χ3v) is 6.96. The number of aromatic nitrogens is 4. The third kappa shape index (κ3) is 8.80. The molecule has 0 bridgehead atoms. The Bertz CT molecular complexity index is 1550. The van der Waals surface area contributed by atoms with Crippen LogP contribution in [-0.2, 0) is 9.53 Å². The quantitative estimate of drug-likeness (QED) is 0.185. The maximum Gasteiger partial charge on any atom is 0.337 e. The van der Waals surface area contributed by atoms with E-state index in [4.69, 9.17) is 32.3 Å². The number of amides is 1. The van der Waals surface area contributed by atoms with Gasteiger partial charge in [0, 0.05) is 48.8 Å². The number of carbonyl (C=O) groups excluding carboxylic acids is 1. The summed E-state index contributed by atoms with van der Waals surface area (Å²) in [7, 11) is 0. The summed E-state index contributed by atoms with van der Waals surface area (Å²) in [5.41, 5.74) is 7.68. The molecular weight excluding hydrogens is 593 g/mol. The van der Waals surface area contributed by atoms with Gasteiger partial charge in [0.25, 0.3) is 5.91 Å². The van der Waals surface area contributed by atoms with Crippen LogP contribution in [0.3, 0.4) is 0 Å². The smallest absolute Gasteiger partial charge is 0.337 e. The molecule has 232 valence electrons. The highest BCUT2D eigenvalue weighted by molar-refractivity contribution is 6.30. The van der Waals surface area contributed by atoms with Gasteiger partial charge in [0.1, 0.15) is 23.7 Å². The molecule has 1 saturated heterocycles. The van der Waals surface area contributed by atoms with Crippen LogP contribution in [0.2, 0.25) is 5.02 Å². The van der Waals surface area contributed by atoms with Crippen LogP contribution in [0.1, 0.15) is 52.2 Å². The Kier molecular flexibility index (Phi) is 11.3. The highest BCUT2D eigenvalue weighted by Crippen LogP contribution is 2.21. The van der Waals surface area contributed by atoms with E-state index in [0.717, 1.165) is 18.4 Å². The monoisotopic (exact) mass is 625 g/mol. The van der Waals surface area contributed by atoms with Crippen LogP contribution < -0.4 is 16.4 Å². The molecule has 14 heteroatoms. The number of nitrogens with zero attached hydrogens (tertiary/aromatic N) is 4. The second-order valence-corrected chi connectivity index (χ2v) is 10.4. The van der Waals surface area contributed by atoms with Gasteiger partial charge in [-0.15, -0.1) is 0 Å². The molecule has 2 atom stereocenters. The first-order chi connectivity index (χ1) is 21.1. The van der Waals surface area contributed by atoms with Gasteiger partial charge in [0.2, 0.25) is 5.95 Å². The molecule has 0 aliphatic carbocycles. The van der Waals surface area contributed by atoms with Gasteiger partial charge >= 0.3 is 5.97 Å². The minimum absolute atomic E-state index is 0.0679. The van der Waals surface area contributed by atoms with Crippen molar-refractivity contribution in [3.8, 4) is 5.82 Å². The van der Waals surface area contributed by atoms with Gasteiger partial charge in [0.05, 0.1) is 6.04 Å². The number of imidazole rings is 1. The lowest BCUT2D eigenvalue weighted by Crippen LogP contribution is -2.33. The van der Waals surface area contributed by atoms with E-state index >= 15 is 0 Å². The van der Waals surface area contributed by atoms with Crippen molar-refractivity contribution in [1.82, 2.24) is 24.8 Å². The summed E-state index contributed by atoms with van der Waals surface area (Å²) >= 11 is 5.93. The van der Waals surface area contributed by atoms with Crippen LogP contribution in [0.15, 0.2) is 67.3 Å². The fraction of sp³-hybridized carbons (Fsp3) is 0.300. The number of ether oxygens (including phenoxy) is 1. The Balaban J connectivity index is 0.000000339. The van der Waals surface area contributed by atoms with Crippen molar-refractivity contribution in [2.24, 2.45) is 5.73 Å². The number of aliphatic hydroxyl groups excluding tert-OH is 1. The van der Waals surface area contributed by atoms with Crippen molar-refractivity contribution in [1.29, 1.82) is 0 Å². The van der Waals surface area contributed by atoms with Crippen LogP contribution in [0, 0.1) is 12.7 Å². The zero-order valence-electron chi connectivity index (χ0n) is 23.9. The number of aryl methyl sites for hydroxylation is 1. The second-order valence-electron chi connectivity index (χ2n) is 10.0. The number of hydrogen-bond acceptors (Lipinski definition) is 9. The summed E-state index contributed by atoms with van der Waals surface area (Å²) in [5, 5.41) is 23.7. The van der Waals surface area contributed by atoms with Crippen LogP contribution in [0.25, 0.3) is 5.82 Å². The molecular formula is C30H33ClFN7O5. The molecule has 0 spiro atoms. The first-order valence-corrected chi connectivity index (χ1v) is 14.2. The molecule has 3 heterocycles. The number of anilines is 1.